The minimum Gasteiger partial charge on any atom is -0.404 e. The van der Waals surface area contributed by atoms with Gasteiger partial charge in [0.15, 0.2) is 9.84 Å². The van der Waals surface area contributed by atoms with Gasteiger partial charge in [0.05, 0.1) is 5.25 Å². The molecule has 18 heavy (non-hydrogen) atoms. The summed E-state index contributed by atoms with van der Waals surface area (Å²) in [6.45, 7) is 2.77. The molecule has 0 radical (unpaired) electrons. The molecule has 1 aromatic carbocycles. The van der Waals surface area contributed by atoms with Crippen molar-refractivity contribution in [1.29, 1.82) is 0 Å². The first kappa shape index (κ1) is 15.3. The number of benzene rings is 1. The van der Waals surface area contributed by atoms with Gasteiger partial charge in [-0.15, -0.1) is 13.2 Å². The molecule has 1 aromatic rings. The second-order valence-corrected chi connectivity index (χ2v) is 7.12. The normalized spacial score (nSPS) is 12.8. The van der Waals surface area contributed by atoms with Crippen LogP contribution in [0, 0.1) is 0 Å². The van der Waals surface area contributed by atoms with Gasteiger partial charge in [-0.2, -0.15) is 0 Å². The smallest absolute Gasteiger partial charge is 0.404 e. The molecule has 0 aliphatic heterocycles. The molecule has 0 N–H and O–H groups in total. The lowest BCUT2D eigenvalue weighted by Crippen LogP contribution is -2.21. The monoisotopic (exact) mass is 346 g/mol. The highest BCUT2D eigenvalue weighted by Crippen LogP contribution is 2.33. The van der Waals surface area contributed by atoms with Crippen LogP contribution in [-0.2, 0) is 9.84 Å². The predicted molar refractivity (Wildman–Crippen MR) is 63.1 cm³/mol. The molecule has 0 aromatic heterocycles. The van der Waals surface area contributed by atoms with E-state index in [0.717, 1.165) is 12.1 Å². The third-order valence-electron chi connectivity index (χ3n) is 2.06. The Hall–Kier alpha value is -0.760. The van der Waals surface area contributed by atoms with Gasteiger partial charge < -0.3 is 4.74 Å². The van der Waals surface area contributed by atoms with Gasteiger partial charge in [-0.05, 0) is 32.0 Å². The van der Waals surface area contributed by atoms with E-state index < -0.39 is 32.1 Å². The van der Waals surface area contributed by atoms with Crippen LogP contribution < -0.4 is 4.74 Å². The number of hydrogen-bond donors (Lipinski definition) is 0. The third-order valence-corrected chi connectivity index (χ3v) is 4.74. The lowest BCUT2D eigenvalue weighted by molar-refractivity contribution is -0.275. The van der Waals surface area contributed by atoms with Crippen molar-refractivity contribution in [3.05, 3.63) is 22.7 Å². The molecule has 1 rings (SSSR count). The Morgan fingerprint density at radius 3 is 2.28 bits per heavy atom. The van der Waals surface area contributed by atoms with E-state index in [1.54, 1.807) is 0 Å². The highest BCUT2D eigenvalue weighted by Gasteiger charge is 2.34. The highest BCUT2D eigenvalue weighted by atomic mass is 79.9. The van der Waals surface area contributed by atoms with Crippen LogP contribution in [0.2, 0.25) is 0 Å². The van der Waals surface area contributed by atoms with Crippen molar-refractivity contribution in [1.82, 2.24) is 0 Å². The van der Waals surface area contributed by atoms with Crippen molar-refractivity contribution in [2.75, 3.05) is 0 Å². The Morgan fingerprint density at radius 1 is 1.28 bits per heavy atom. The maximum Gasteiger partial charge on any atom is 0.573 e. The molecule has 0 amide bonds. The maximum atomic E-state index is 12.2. The molecule has 102 valence electrons. The lowest BCUT2D eigenvalue weighted by Gasteiger charge is -2.15. The van der Waals surface area contributed by atoms with Gasteiger partial charge in [-0.1, -0.05) is 15.9 Å². The Balaban J connectivity index is 3.37. The number of alkyl halides is 3. The number of hydrogen-bond acceptors (Lipinski definition) is 3. The molecular formula is C10H10BrF3O3S. The molecular weight excluding hydrogens is 337 g/mol. The quantitative estimate of drug-likeness (QED) is 0.840. The van der Waals surface area contributed by atoms with Gasteiger partial charge >= 0.3 is 6.36 Å². The SMILES string of the molecule is CC(C)S(=O)(=O)c1ccc(Br)cc1OC(F)(F)F. The van der Waals surface area contributed by atoms with Gasteiger partial charge in [-0.3, -0.25) is 0 Å². The molecule has 0 unspecified atom stereocenters. The van der Waals surface area contributed by atoms with Crippen molar-refractivity contribution in [2.45, 2.75) is 30.4 Å². The second-order valence-electron chi connectivity index (χ2n) is 3.73. The standard InChI is InChI=1S/C10H10BrF3O3S/c1-6(2)18(15,16)9-4-3-7(11)5-8(9)17-10(12,13)14/h3-6H,1-2H3. The number of halogens is 4. The molecule has 3 nitrogen and oxygen atoms in total. The topological polar surface area (TPSA) is 43.4 Å². The van der Waals surface area contributed by atoms with Crippen LogP contribution in [0.1, 0.15) is 13.8 Å². The molecule has 0 aliphatic carbocycles. The van der Waals surface area contributed by atoms with Gasteiger partial charge in [0.25, 0.3) is 0 Å². The predicted octanol–water partition coefficient (Wildman–Crippen LogP) is 3.53. The van der Waals surface area contributed by atoms with E-state index in [1.165, 1.54) is 19.9 Å². The minimum atomic E-state index is -4.94. The summed E-state index contributed by atoms with van der Waals surface area (Å²) in [7, 11) is -3.84. The first-order valence-electron chi connectivity index (χ1n) is 4.83. The van der Waals surface area contributed by atoms with Gasteiger partial charge in [0, 0.05) is 4.47 Å². The van der Waals surface area contributed by atoms with E-state index in [2.05, 4.69) is 20.7 Å². The number of ether oxygens (including phenoxy) is 1. The van der Waals surface area contributed by atoms with Crippen LogP contribution in [0.5, 0.6) is 5.75 Å². The van der Waals surface area contributed by atoms with Crippen molar-refractivity contribution < 1.29 is 26.3 Å². The van der Waals surface area contributed by atoms with Gasteiger partial charge in [0.1, 0.15) is 10.6 Å². The molecule has 0 bridgehead atoms. The Bertz CT molecular complexity index is 538. The average molecular weight is 347 g/mol. The number of sulfone groups is 1. The Morgan fingerprint density at radius 2 is 1.83 bits per heavy atom. The van der Waals surface area contributed by atoms with Gasteiger partial charge in [-0.25, -0.2) is 8.42 Å². The summed E-state index contributed by atoms with van der Waals surface area (Å²) in [4.78, 5) is -0.474. The van der Waals surface area contributed by atoms with Crippen LogP contribution in [0.25, 0.3) is 0 Å². The van der Waals surface area contributed by atoms with E-state index in [1.807, 2.05) is 0 Å². The summed E-state index contributed by atoms with van der Waals surface area (Å²) < 4.78 is 64.4. The summed E-state index contributed by atoms with van der Waals surface area (Å²) in [6.07, 6.45) is -4.94. The summed E-state index contributed by atoms with van der Waals surface area (Å²) in [5.41, 5.74) is 0. The lowest BCUT2D eigenvalue weighted by atomic mass is 10.3. The second kappa shape index (κ2) is 5.08. The zero-order valence-corrected chi connectivity index (χ0v) is 11.9. The molecule has 0 saturated carbocycles. The van der Waals surface area contributed by atoms with E-state index >= 15 is 0 Å². The first-order valence-corrected chi connectivity index (χ1v) is 7.17. The number of rotatable bonds is 3. The largest absolute Gasteiger partial charge is 0.573 e. The summed E-state index contributed by atoms with van der Waals surface area (Å²) in [5.74, 6) is -0.731. The first-order chi connectivity index (χ1) is 8.04. The minimum absolute atomic E-state index is 0.296. The van der Waals surface area contributed by atoms with Crippen LogP contribution in [0.3, 0.4) is 0 Å². The Kier molecular flexibility index (Phi) is 4.32. The van der Waals surface area contributed by atoms with Crippen molar-refractivity contribution in [2.24, 2.45) is 0 Å². The molecule has 0 spiro atoms. The van der Waals surface area contributed by atoms with Gasteiger partial charge in [0.2, 0.25) is 0 Å². The van der Waals surface area contributed by atoms with E-state index in [9.17, 15) is 21.6 Å². The molecule has 0 aliphatic rings. The van der Waals surface area contributed by atoms with Crippen molar-refractivity contribution in [3.63, 3.8) is 0 Å². The fraction of sp³-hybridized carbons (Fsp3) is 0.400. The Labute approximate surface area is 111 Å². The molecule has 0 heterocycles. The summed E-state index contributed by atoms with van der Waals surface area (Å²) in [6, 6.07) is 3.40. The van der Waals surface area contributed by atoms with Crippen molar-refractivity contribution in [3.8, 4) is 5.75 Å². The van der Waals surface area contributed by atoms with E-state index in [4.69, 9.17) is 0 Å². The highest BCUT2D eigenvalue weighted by molar-refractivity contribution is 9.10. The van der Waals surface area contributed by atoms with Crippen LogP contribution in [0.15, 0.2) is 27.6 Å². The van der Waals surface area contributed by atoms with E-state index in [-0.39, 0.29) is 0 Å². The molecule has 8 heteroatoms. The summed E-state index contributed by atoms with van der Waals surface area (Å²) >= 11 is 2.97. The summed E-state index contributed by atoms with van der Waals surface area (Å²) in [5, 5.41) is -0.839. The van der Waals surface area contributed by atoms with Crippen LogP contribution >= 0.6 is 15.9 Å². The molecule has 0 fully saturated rings. The van der Waals surface area contributed by atoms with Crippen LogP contribution in [-0.4, -0.2) is 20.0 Å². The zero-order valence-electron chi connectivity index (χ0n) is 9.45. The third kappa shape index (κ3) is 3.61. The fourth-order valence-corrected chi connectivity index (χ4v) is 2.66. The maximum absolute atomic E-state index is 12.2. The zero-order chi connectivity index (χ0) is 14.1. The average Bonchev–Trinajstić information content (AvgIpc) is 2.13. The van der Waals surface area contributed by atoms with E-state index in [0.29, 0.717) is 4.47 Å². The van der Waals surface area contributed by atoms with Crippen molar-refractivity contribution >= 4 is 25.8 Å². The van der Waals surface area contributed by atoms with Crippen LogP contribution in [0.4, 0.5) is 13.2 Å². The molecule has 0 atom stereocenters. The fourth-order valence-electron chi connectivity index (χ4n) is 1.18. The molecule has 0 saturated heterocycles.